The Hall–Kier alpha value is -1.49. The van der Waals surface area contributed by atoms with E-state index in [0.29, 0.717) is 4.77 Å². The fourth-order valence-corrected chi connectivity index (χ4v) is 2.02. The lowest BCUT2D eigenvalue weighted by atomic mass is 10.2. The second-order valence-electron chi connectivity index (χ2n) is 3.96. The summed E-state index contributed by atoms with van der Waals surface area (Å²) in [4.78, 5) is 4.11. The van der Waals surface area contributed by atoms with Crippen molar-refractivity contribution in [2.24, 2.45) is 0 Å². The molecule has 2 aromatic rings. The minimum absolute atomic E-state index is 0.706. The predicted octanol–water partition coefficient (Wildman–Crippen LogP) is 2.53. The molecule has 0 atom stereocenters. The summed E-state index contributed by atoms with van der Waals surface area (Å²) in [6, 6.07) is 4.03. The van der Waals surface area contributed by atoms with Crippen molar-refractivity contribution in [1.29, 1.82) is 0 Å². The SMILES string of the molecule is CCCc1n[nH]c(=S)n1CCc1cccnc1. The lowest BCUT2D eigenvalue weighted by Gasteiger charge is -2.05. The molecule has 0 aromatic carbocycles. The summed E-state index contributed by atoms with van der Waals surface area (Å²) in [7, 11) is 0. The van der Waals surface area contributed by atoms with Crippen LogP contribution in [0.1, 0.15) is 24.7 Å². The van der Waals surface area contributed by atoms with Crippen molar-refractivity contribution in [3.05, 3.63) is 40.7 Å². The Morgan fingerprint density at radius 3 is 3.00 bits per heavy atom. The summed E-state index contributed by atoms with van der Waals surface area (Å²) in [5, 5.41) is 7.11. The average molecular weight is 248 g/mol. The molecular weight excluding hydrogens is 232 g/mol. The van der Waals surface area contributed by atoms with E-state index in [1.807, 2.05) is 12.3 Å². The van der Waals surface area contributed by atoms with Gasteiger partial charge < -0.3 is 4.57 Å². The van der Waals surface area contributed by atoms with Crippen LogP contribution in [-0.2, 0) is 19.4 Å². The highest BCUT2D eigenvalue weighted by Gasteiger charge is 2.04. The molecule has 17 heavy (non-hydrogen) atoms. The zero-order valence-corrected chi connectivity index (χ0v) is 10.7. The van der Waals surface area contributed by atoms with E-state index < -0.39 is 0 Å². The molecule has 0 amide bonds. The standard InChI is InChI=1S/C12H16N4S/c1-2-4-11-14-15-12(17)16(11)8-6-10-5-3-7-13-9-10/h3,5,7,9H,2,4,6,8H2,1H3,(H,15,17). The van der Waals surface area contributed by atoms with Gasteiger partial charge in [0.15, 0.2) is 4.77 Å². The number of H-pyrrole nitrogens is 1. The molecule has 0 bridgehead atoms. The summed E-state index contributed by atoms with van der Waals surface area (Å²) in [6.45, 7) is 3.00. The van der Waals surface area contributed by atoms with E-state index in [4.69, 9.17) is 12.2 Å². The van der Waals surface area contributed by atoms with E-state index in [1.165, 1.54) is 5.56 Å². The quantitative estimate of drug-likeness (QED) is 0.827. The molecule has 5 heteroatoms. The van der Waals surface area contributed by atoms with Gasteiger partial charge in [0.2, 0.25) is 0 Å². The molecule has 0 aliphatic heterocycles. The molecule has 0 saturated carbocycles. The first-order valence-corrected chi connectivity index (χ1v) is 6.25. The molecule has 2 heterocycles. The monoisotopic (exact) mass is 248 g/mol. The number of rotatable bonds is 5. The summed E-state index contributed by atoms with van der Waals surface area (Å²) < 4.78 is 2.78. The van der Waals surface area contributed by atoms with Crippen LogP contribution in [0.5, 0.6) is 0 Å². The van der Waals surface area contributed by atoms with E-state index in [9.17, 15) is 0 Å². The van der Waals surface area contributed by atoms with Gasteiger partial charge in [-0.25, -0.2) is 0 Å². The third-order valence-corrected chi connectivity index (χ3v) is 2.97. The fraction of sp³-hybridized carbons (Fsp3) is 0.417. The van der Waals surface area contributed by atoms with Crippen LogP contribution in [0, 0.1) is 4.77 Å². The number of aromatic nitrogens is 4. The van der Waals surface area contributed by atoms with Crippen LogP contribution in [-0.4, -0.2) is 19.7 Å². The molecule has 2 rings (SSSR count). The number of aryl methyl sites for hydroxylation is 2. The first-order chi connectivity index (χ1) is 8.31. The third kappa shape index (κ3) is 3.00. The minimum Gasteiger partial charge on any atom is -0.304 e. The number of pyridine rings is 1. The Morgan fingerprint density at radius 2 is 2.29 bits per heavy atom. The number of nitrogens with zero attached hydrogens (tertiary/aromatic N) is 3. The van der Waals surface area contributed by atoms with Crippen molar-refractivity contribution >= 4 is 12.2 Å². The van der Waals surface area contributed by atoms with Crippen LogP contribution < -0.4 is 0 Å². The second-order valence-corrected chi connectivity index (χ2v) is 4.34. The molecule has 0 radical (unpaired) electrons. The minimum atomic E-state index is 0.706. The van der Waals surface area contributed by atoms with Gasteiger partial charge in [0.25, 0.3) is 0 Å². The van der Waals surface area contributed by atoms with Crippen molar-refractivity contribution in [3.8, 4) is 0 Å². The van der Waals surface area contributed by atoms with Gasteiger partial charge in [0.1, 0.15) is 5.82 Å². The van der Waals surface area contributed by atoms with Crippen LogP contribution in [0.4, 0.5) is 0 Å². The number of aromatic amines is 1. The van der Waals surface area contributed by atoms with E-state index in [-0.39, 0.29) is 0 Å². The van der Waals surface area contributed by atoms with Gasteiger partial charge in [0.05, 0.1) is 0 Å². The smallest absolute Gasteiger partial charge is 0.195 e. The maximum absolute atomic E-state index is 5.23. The van der Waals surface area contributed by atoms with Gasteiger partial charge >= 0.3 is 0 Å². The van der Waals surface area contributed by atoms with Crippen LogP contribution >= 0.6 is 12.2 Å². The zero-order valence-electron chi connectivity index (χ0n) is 9.89. The van der Waals surface area contributed by atoms with E-state index >= 15 is 0 Å². The van der Waals surface area contributed by atoms with E-state index in [0.717, 1.165) is 31.6 Å². The summed E-state index contributed by atoms with van der Waals surface area (Å²) in [6.07, 6.45) is 6.64. The average Bonchev–Trinajstić information content (AvgIpc) is 2.70. The highest BCUT2D eigenvalue weighted by Crippen LogP contribution is 2.05. The van der Waals surface area contributed by atoms with Crippen LogP contribution in [0.15, 0.2) is 24.5 Å². The molecular formula is C12H16N4S. The number of nitrogens with one attached hydrogen (secondary N) is 1. The van der Waals surface area contributed by atoms with Gasteiger partial charge in [-0.2, -0.15) is 5.10 Å². The topological polar surface area (TPSA) is 46.5 Å². The highest BCUT2D eigenvalue weighted by molar-refractivity contribution is 7.71. The molecule has 2 aromatic heterocycles. The van der Waals surface area contributed by atoms with Gasteiger partial charge in [-0.05, 0) is 36.7 Å². The molecule has 90 valence electrons. The van der Waals surface area contributed by atoms with Gasteiger partial charge in [-0.15, -0.1) is 0 Å². The molecule has 0 unspecified atom stereocenters. The van der Waals surface area contributed by atoms with Crippen molar-refractivity contribution in [1.82, 2.24) is 19.7 Å². The second kappa shape index (κ2) is 5.72. The normalized spacial score (nSPS) is 10.6. The molecule has 4 nitrogen and oxygen atoms in total. The molecule has 0 aliphatic carbocycles. The van der Waals surface area contributed by atoms with Crippen molar-refractivity contribution < 1.29 is 0 Å². The highest BCUT2D eigenvalue weighted by atomic mass is 32.1. The van der Waals surface area contributed by atoms with Crippen molar-refractivity contribution in [2.75, 3.05) is 0 Å². The number of hydrogen-bond acceptors (Lipinski definition) is 3. The molecule has 0 saturated heterocycles. The van der Waals surface area contributed by atoms with Gasteiger partial charge in [0, 0.05) is 25.4 Å². The Kier molecular flexibility index (Phi) is 4.03. The Labute approximate surface area is 106 Å². The van der Waals surface area contributed by atoms with Crippen molar-refractivity contribution in [2.45, 2.75) is 32.7 Å². The lowest BCUT2D eigenvalue weighted by Crippen LogP contribution is -2.06. The van der Waals surface area contributed by atoms with Crippen LogP contribution in [0.2, 0.25) is 0 Å². The fourth-order valence-electron chi connectivity index (χ4n) is 1.78. The van der Waals surface area contributed by atoms with Gasteiger partial charge in [-0.3, -0.25) is 10.1 Å². The Bertz CT molecular complexity index is 515. The Balaban J connectivity index is 2.08. The van der Waals surface area contributed by atoms with E-state index in [2.05, 4.69) is 32.7 Å². The molecule has 0 aliphatic rings. The maximum Gasteiger partial charge on any atom is 0.195 e. The lowest BCUT2D eigenvalue weighted by molar-refractivity contribution is 0.635. The van der Waals surface area contributed by atoms with Crippen LogP contribution in [0.3, 0.4) is 0 Å². The molecule has 1 N–H and O–H groups in total. The summed E-state index contributed by atoms with van der Waals surface area (Å²) in [5.41, 5.74) is 1.22. The predicted molar refractivity (Wildman–Crippen MR) is 69.3 cm³/mol. The summed E-state index contributed by atoms with van der Waals surface area (Å²) >= 11 is 5.23. The largest absolute Gasteiger partial charge is 0.304 e. The Morgan fingerprint density at radius 1 is 1.41 bits per heavy atom. The van der Waals surface area contributed by atoms with Crippen LogP contribution in [0.25, 0.3) is 0 Å². The first-order valence-electron chi connectivity index (χ1n) is 5.84. The first kappa shape index (κ1) is 12.0. The third-order valence-electron chi connectivity index (χ3n) is 2.66. The van der Waals surface area contributed by atoms with Gasteiger partial charge in [-0.1, -0.05) is 13.0 Å². The van der Waals surface area contributed by atoms with Crippen molar-refractivity contribution in [3.63, 3.8) is 0 Å². The zero-order chi connectivity index (χ0) is 12.1. The maximum atomic E-state index is 5.23. The summed E-state index contributed by atoms with van der Waals surface area (Å²) in [5.74, 6) is 1.04. The molecule has 0 spiro atoms. The van der Waals surface area contributed by atoms with E-state index in [1.54, 1.807) is 6.20 Å². The molecule has 0 fully saturated rings. The number of hydrogen-bond donors (Lipinski definition) is 1.